The number of nitrogens with zero attached hydrogens (tertiary/aromatic N) is 3. The van der Waals surface area contributed by atoms with Crippen molar-refractivity contribution in [3.05, 3.63) is 63.0 Å². The van der Waals surface area contributed by atoms with E-state index in [1.807, 2.05) is 0 Å². The monoisotopic (exact) mass is 478 g/mol. The summed E-state index contributed by atoms with van der Waals surface area (Å²) in [5.41, 5.74) is 11.2. The Hall–Kier alpha value is -3.38. The van der Waals surface area contributed by atoms with Crippen LogP contribution >= 0.6 is 11.3 Å². The van der Waals surface area contributed by atoms with Crippen LogP contribution in [0.2, 0.25) is 0 Å². The number of rotatable bonds is 7. The topological polar surface area (TPSA) is 137 Å². The molecule has 1 amide bonds. The smallest absolute Gasteiger partial charge is 0.383 e. The van der Waals surface area contributed by atoms with E-state index in [0.717, 1.165) is 17.4 Å². The summed E-state index contributed by atoms with van der Waals surface area (Å²) >= 11 is 1.05. The highest BCUT2D eigenvalue weighted by Gasteiger charge is 2.32. The highest BCUT2D eigenvalue weighted by Crippen LogP contribution is 2.34. The van der Waals surface area contributed by atoms with Gasteiger partial charge in [0.1, 0.15) is 22.7 Å². The van der Waals surface area contributed by atoms with Crippen molar-refractivity contribution < 1.29 is 22.8 Å². The number of amides is 1. The molecule has 1 aromatic carbocycles. The van der Waals surface area contributed by atoms with Gasteiger partial charge in [0.15, 0.2) is 5.78 Å². The molecular weight excluding hydrogens is 457 g/mol. The fourth-order valence-electron chi connectivity index (χ4n) is 3.15. The zero-order valence-electron chi connectivity index (χ0n) is 17.7. The molecule has 33 heavy (non-hydrogen) atoms. The second-order valence-electron chi connectivity index (χ2n) is 7.36. The molecule has 0 fully saturated rings. The van der Waals surface area contributed by atoms with Crippen molar-refractivity contribution in [3.63, 3.8) is 0 Å². The van der Waals surface area contributed by atoms with Gasteiger partial charge in [-0.2, -0.15) is 13.2 Å². The number of halogens is 3. The maximum absolute atomic E-state index is 13.1. The third kappa shape index (κ3) is 5.52. The highest BCUT2D eigenvalue weighted by molar-refractivity contribution is 7.13. The number of nitrogen functional groups attached to an aromatic ring is 1. The lowest BCUT2D eigenvalue weighted by Crippen LogP contribution is -2.15. The first kappa shape index (κ1) is 24.3. The zero-order valence-corrected chi connectivity index (χ0v) is 18.5. The first-order valence-corrected chi connectivity index (χ1v) is 10.6. The van der Waals surface area contributed by atoms with Crippen molar-refractivity contribution in [3.8, 4) is 0 Å². The minimum atomic E-state index is -4.53. The summed E-state index contributed by atoms with van der Waals surface area (Å²) in [7, 11) is 0. The van der Waals surface area contributed by atoms with E-state index in [1.54, 1.807) is 6.92 Å². The Kier molecular flexibility index (Phi) is 7.08. The summed E-state index contributed by atoms with van der Waals surface area (Å²) in [6.45, 7) is 3.12. The number of hydrogen-bond donors (Lipinski definition) is 3. The number of aromatic nitrogens is 3. The van der Waals surface area contributed by atoms with Gasteiger partial charge in [0.25, 0.3) is 5.91 Å². The molecule has 0 saturated heterocycles. The minimum Gasteiger partial charge on any atom is -0.383 e. The standard InChI is InChI=1S/C21H21F3N6O2S/c1-10-3-4-12(6-14(10)21(22,23)24)30-19(32)16-8-27-20(33-16)11(2)5-15(31)17-13(7-25)18(26)29-9-28-17/h3-4,6,8-9,11H,5,7,25H2,1-2H3,(H,30,32)(H2,26,28,29). The van der Waals surface area contributed by atoms with Gasteiger partial charge in [-0.3, -0.25) is 9.59 Å². The van der Waals surface area contributed by atoms with Crippen LogP contribution in [-0.4, -0.2) is 26.6 Å². The molecular formula is C21H21F3N6O2S. The number of ketones is 1. The van der Waals surface area contributed by atoms with Crippen molar-refractivity contribution in [2.24, 2.45) is 5.73 Å². The van der Waals surface area contributed by atoms with Gasteiger partial charge in [-0.1, -0.05) is 13.0 Å². The lowest BCUT2D eigenvalue weighted by atomic mass is 10.0. The van der Waals surface area contributed by atoms with Crippen molar-refractivity contribution >= 4 is 34.5 Å². The Morgan fingerprint density at radius 3 is 2.61 bits per heavy atom. The maximum Gasteiger partial charge on any atom is 0.416 e. The molecule has 0 saturated carbocycles. The van der Waals surface area contributed by atoms with E-state index in [1.165, 1.54) is 31.6 Å². The van der Waals surface area contributed by atoms with E-state index in [-0.39, 0.29) is 52.3 Å². The molecule has 0 aliphatic heterocycles. The summed E-state index contributed by atoms with van der Waals surface area (Å²) < 4.78 is 39.3. The molecule has 2 heterocycles. The average molecular weight is 479 g/mol. The van der Waals surface area contributed by atoms with Gasteiger partial charge in [0.2, 0.25) is 0 Å². The molecule has 3 aromatic rings. The number of hydrogen-bond acceptors (Lipinski definition) is 8. The van der Waals surface area contributed by atoms with Gasteiger partial charge < -0.3 is 16.8 Å². The molecule has 0 bridgehead atoms. The Balaban J connectivity index is 1.71. The first-order chi connectivity index (χ1) is 15.5. The fourth-order valence-corrected chi connectivity index (χ4v) is 4.01. The lowest BCUT2D eigenvalue weighted by molar-refractivity contribution is -0.138. The summed E-state index contributed by atoms with van der Waals surface area (Å²) in [4.78, 5) is 37.4. The van der Waals surface area contributed by atoms with Crippen LogP contribution in [0.3, 0.4) is 0 Å². The second-order valence-corrected chi connectivity index (χ2v) is 8.43. The Morgan fingerprint density at radius 2 is 1.94 bits per heavy atom. The summed E-state index contributed by atoms with van der Waals surface area (Å²) in [5.74, 6) is -1.09. The third-order valence-electron chi connectivity index (χ3n) is 4.91. The third-order valence-corrected chi connectivity index (χ3v) is 6.14. The number of thiazole rings is 1. The van der Waals surface area contributed by atoms with Crippen LogP contribution in [0.1, 0.15) is 61.1 Å². The number of carbonyl (C=O) groups excluding carboxylic acids is 2. The number of benzene rings is 1. The van der Waals surface area contributed by atoms with Crippen LogP contribution < -0.4 is 16.8 Å². The molecule has 12 heteroatoms. The summed E-state index contributed by atoms with van der Waals surface area (Å²) in [6.07, 6.45) is -1.97. The number of anilines is 2. The SMILES string of the molecule is Cc1ccc(NC(=O)c2cnc(C(C)CC(=O)c3ncnc(N)c3CN)s2)cc1C(F)(F)F. The summed E-state index contributed by atoms with van der Waals surface area (Å²) in [6, 6.07) is 3.58. The van der Waals surface area contributed by atoms with Crippen LogP contribution in [0, 0.1) is 6.92 Å². The fraction of sp³-hybridized carbons (Fsp3) is 0.286. The minimum absolute atomic E-state index is 0.0127. The van der Waals surface area contributed by atoms with Gasteiger partial charge >= 0.3 is 6.18 Å². The van der Waals surface area contributed by atoms with Gasteiger partial charge in [-0.05, 0) is 24.6 Å². The Morgan fingerprint density at radius 1 is 1.21 bits per heavy atom. The van der Waals surface area contributed by atoms with E-state index in [2.05, 4.69) is 20.3 Å². The van der Waals surface area contributed by atoms with Crippen LogP contribution in [0.4, 0.5) is 24.7 Å². The highest BCUT2D eigenvalue weighted by atomic mass is 32.1. The molecule has 1 unspecified atom stereocenters. The molecule has 0 spiro atoms. The normalized spacial score (nSPS) is 12.4. The van der Waals surface area contributed by atoms with E-state index >= 15 is 0 Å². The molecule has 0 aliphatic carbocycles. The molecule has 5 N–H and O–H groups in total. The Bertz CT molecular complexity index is 1190. The van der Waals surface area contributed by atoms with E-state index in [0.29, 0.717) is 10.6 Å². The van der Waals surface area contributed by atoms with Gasteiger partial charge in [-0.15, -0.1) is 11.3 Å². The first-order valence-electron chi connectivity index (χ1n) is 9.78. The largest absolute Gasteiger partial charge is 0.416 e. The molecule has 3 rings (SSSR count). The number of carbonyl (C=O) groups is 2. The summed E-state index contributed by atoms with van der Waals surface area (Å²) in [5, 5.41) is 2.98. The van der Waals surface area contributed by atoms with Crippen LogP contribution in [0.15, 0.2) is 30.7 Å². The van der Waals surface area contributed by atoms with E-state index < -0.39 is 17.6 Å². The maximum atomic E-state index is 13.1. The number of aryl methyl sites for hydroxylation is 1. The van der Waals surface area contributed by atoms with Crippen LogP contribution in [0.5, 0.6) is 0 Å². The van der Waals surface area contributed by atoms with E-state index in [9.17, 15) is 22.8 Å². The van der Waals surface area contributed by atoms with Crippen molar-refractivity contribution in [2.45, 2.75) is 38.9 Å². The Labute approximate surface area is 191 Å². The molecule has 2 aromatic heterocycles. The molecule has 174 valence electrons. The number of alkyl halides is 3. The molecule has 1 atom stereocenters. The quantitative estimate of drug-likeness (QED) is 0.438. The van der Waals surface area contributed by atoms with E-state index in [4.69, 9.17) is 11.5 Å². The second kappa shape index (κ2) is 9.63. The average Bonchev–Trinajstić information content (AvgIpc) is 3.24. The number of nitrogens with one attached hydrogen (secondary N) is 1. The lowest BCUT2D eigenvalue weighted by Gasteiger charge is -2.12. The van der Waals surface area contributed by atoms with Crippen LogP contribution in [-0.2, 0) is 12.7 Å². The van der Waals surface area contributed by atoms with Gasteiger partial charge in [0.05, 0.1) is 16.8 Å². The van der Waals surface area contributed by atoms with Gasteiger partial charge in [0, 0.05) is 30.1 Å². The van der Waals surface area contributed by atoms with Crippen LogP contribution in [0.25, 0.3) is 0 Å². The zero-order chi connectivity index (χ0) is 24.3. The van der Waals surface area contributed by atoms with Crippen molar-refractivity contribution in [1.82, 2.24) is 15.0 Å². The number of nitrogens with two attached hydrogens (primary N) is 2. The van der Waals surface area contributed by atoms with Gasteiger partial charge in [-0.25, -0.2) is 15.0 Å². The molecule has 8 nitrogen and oxygen atoms in total. The van der Waals surface area contributed by atoms with Crippen molar-refractivity contribution in [2.75, 3.05) is 11.1 Å². The molecule has 0 aliphatic rings. The molecule has 0 radical (unpaired) electrons. The predicted molar refractivity (Wildman–Crippen MR) is 118 cm³/mol. The van der Waals surface area contributed by atoms with Crippen molar-refractivity contribution in [1.29, 1.82) is 0 Å². The number of Topliss-reactive ketones (excluding diaryl/α,β-unsaturated/α-hetero) is 1. The predicted octanol–water partition coefficient (Wildman–Crippen LogP) is 3.93.